The molecule has 1 aliphatic rings. The Morgan fingerprint density at radius 3 is 1.41 bits per heavy atom. The summed E-state index contributed by atoms with van der Waals surface area (Å²) >= 11 is 0. The van der Waals surface area contributed by atoms with Gasteiger partial charge in [-0.3, -0.25) is 53.3 Å². The summed E-state index contributed by atoms with van der Waals surface area (Å²) in [4.78, 5) is 197. The second-order valence-electron chi connectivity index (χ2n) is 32.7. The average molecular weight is 1620 g/mol. The summed E-state index contributed by atoms with van der Waals surface area (Å²) in [5, 5.41) is 83.3. The van der Waals surface area contributed by atoms with Gasteiger partial charge < -0.3 is 120 Å². The number of nitrogens with two attached hydrogens (primary N) is 1. The molecule has 14 amide bonds. The Bertz CT molecular complexity index is 3270. The van der Waals surface area contributed by atoms with Gasteiger partial charge in [-0.25, -0.2) is 19.2 Å². The van der Waals surface area contributed by atoms with Crippen LogP contribution in [0.1, 0.15) is 207 Å². The molecule has 0 spiro atoms. The van der Waals surface area contributed by atoms with Gasteiger partial charge in [-0.05, 0) is 160 Å². The average Bonchev–Trinajstić information content (AvgIpc) is 0.858. The molecular formula is C76H132N16O22. The number of ether oxygens (including phenoxy) is 4. The van der Waals surface area contributed by atoms with Gasteiger partial charge in [-0.2, -0.15) is 0 Å². The Kier molecular flexibility index (Phi) is 43.8. The van der Waals surface area contributed by atoms with E-state index in [2.05, 4.69) is 86.7 Å². The molecule has 114 heavy (non-hydrogen) atoms. The highest BCUT2D eigenvalue weighted by atomic mass is 16.6. The van der Waals surface area contributed by atoms with E-state index >= 15 is 9.59 Å². The van der Waals surface area contributed by atoms with Crippen LogP contribution in [0.5, 0.6) is 0 Å². The van der Waals surface area contributed by atoms with E-state index in [4.69, 9.17) is 24.7 Å². The molecule has 0 saturated carbocycles. The molecule has 0 aliphatic carbocycles. The van der Waals surface area contributed by atoms with Crippen LogP contribution in [0.4, 0.5) is 19.2 Å². The van der Waals surface area contributed by atoms with Gasteiger partial charge in [0.25, 0.3) is 0 Å². The van der Waals surface area contributed by atoms with Gasteiger partial charge in [0.15, 0.2) is 0 Å². The molecule has 21 N–H and O–H groups in total. The zero-order valence-corrected chi connectivity index (χ0v) is 69.4. The van der Waals surface area contributed by atoms with Crippen molar-refractivity contribution in [2.75, 3.05) is 39.3 Å². The smallest absolute Gasteiger partial charge is 0.407 e. The Balaban J connectivity index is 2.95. The van der Waals surface area contributed by atoms with Crippen LogP contribution in [-0.4, -0.2) is 251 Å². The van der Waals surface area contributed by atoms with Crippen molar-refractivity contribution in [2.24, 2.45) is 11.7 Å². The van der Waals surface area contributed by atoms with Gasteiger partial charge in [-0.15, -0.1) is 0 Å². The summed E-state index contributed by atoms with van der Waals surface area (Å²) in [6.07, 6.45) is -5.88. The van der Waals surface area contributed by atoms with Crippen LogP contribution in [-0.2, 0) is 73.3 Å². The summed E-state index contributed by atoms with van der Waals surface area (Å²) in [6, 6.07) is -9.99. The van der Waals surface area contributed by atoms with Crippen LogP contribution in [0.3, 0.4) is 0 Å². The van der Waals surface area contributed by atoms with Gasteiger partial charge in [0.1, 0.15) is 77.0 Å². The first-order valence-electron chi connectivity index (χ1n) is 39.1. The minimum Gasteiger partial charge on any atom is -0.444 e. The molecule has 0 bridgehead atoms. The molecule has 1 aliphatic heterocycles. The lowest BCUT2D eigenvalue weighted by Crippen LogP contribution is -2.63. The molecule has 38 heteroatoms. The van der Waals surface area contributed by atoms with Crippen molar-refractivity contribution in [3.63, 3.8) is 0 Å². The fraction of sp³-hybridized carbons (Fsp3) is 0.737. The lowest BCUT2D eigenvalue weighted by Gasteiger charge is -2.32. The molecule has 1 aromatic carbocycles. The summed E-state index contributed by atoms with van der Waals surface area (Å²) < 4.78 is 21.5. The van der Waals surface area contributed by atoms with Crippen molar-refractivity contribution in [2.45, 2.75) is 315 Å². The number of nitrogens with one attached hydrogen (secondary N) is 15. The van der Waals surface area contributed by atoms with Gasteiger partial charge in [0, 0.05) is 32.7 Å². The minimum absolute atomic E-state index is 0.0566. The van der Waals surface area contributed by atoms with Crippen LogP contribution >= 0.6 is 0 Å². The summed E-state index contributed by atoms with van der Waals surface area (Å²) in [7, 11) is 0. The number of aliphatic hydroxyl groups is 4. The molecular weight excluding hydrogens is 1490 g/mol. The Hall–Kier alpha value is -9.24. The van der Waals surface area contributed by atoms with Gasteiger partial charge in [0.2, 0.25) is 59.1 Å². The van der Waals surface area contributed by atoms with E-state index in [1.807, 2.05) is 0 Å². The van der Waals surface area contributed by atoms with Gasteiger partial charge >= 0.3 is 24.4 Å². The van der Waals surface area contributed by atoms with E-state index in [0.717, 1.165) is 46.0 Å². The number of unbranched alkanes of at least 4 members (excludes halogenated alkanes) is 5. The van der Waals surface area contributed by atoms with Crippen molar-refractivity contribution >= 4 is 83.4 Å². The lowest BCUT2D eigenvalue weighted by molar-refractivity contribution is -0.137. The highest BCUT2D eigenvalue weighted by Gasteiger charge is 2.39. The first-order valence-corrected chi connectivity index (χ1v) is 39.1. The van der Waals surface area contributed by atoms with E-state index in [9.17, 15) is 78.0 Å². The lowest BCUT2D eigenvalue weighted by atomic mass is 9.99. The number of amides is 14. The number of benzene rings is 1. The number of hydrogen-bond acceptors (Lipinski definition) is 24. The maximum Gasteiger partial charge on any atom is 0.407 e. The summed E-state index contributed by atoms with van der Waals surface area (Å²) in [5.74, 6) is -11.3. The van der Waals surface area contributed by atoms with Gasteiger partial charge in [-0.1, -0.05) is 89.6 Å². The van der Waals surface area contributed by atoms with Crippen molar-refractivity contribution in [1.29, 1.82) is 0 Å². The molecule has 1 heterocycles. The molecule has 648 valence electrons. The Labute approximate surface area is 668 Å². The van der Waals surface area contributed by atoms with E-state index in [0.29, 0.717) is 12.0 Å². The molecule has 1 aromatic rings. The van der Waals surface area contributed by atoms with E-state index < -0.39 is 230 Å². The van der Waals surface area contributed by atoms with Crippen molar-refractivity contribution in [3.05, 3.63) is 35.9 Å². The second kappa shape index (κ2) is 49.5. The Morgan fingerprint density at radius 2 is 0.956 bits per heavy atom. The Morgan fingerprint density at radius 1 is 0.518 bits per heavy atom. The molecule has 2 rings (SSSR count). The molecule has 0 radical (unpaired) electrons. The molecule has 38 nitrogen and oxygen atoms in total. The molecule has 14 atom stereocenters. The third-order valence-electron chi connectivity index (χ3n) is 16.9. The third kappa shape index (κ3) is 42.2. The first-order chi connectivity index (χ1) is 53.0. The van der Waals surface area contributed by atoms with Crippen LogP contribution in [0.2, 0.25) is 0 Å². The van der Waals surface area contributed by atoms with Crippen molar-refractivity contribution in [3.8, 4) is 0 Å². The van der Waals surface area contributed by atoms with Crippen LogP contribution < -0.4 is 85.5 Å². The molecule has 1 saturated heterocycles. The molecule has 1 unspecified atom stereocenters. The molecule has 1 fully saturated rings. The summed E-state index contributed by atoms with van der Waals surface area (Å²) in [6.45, 7) is 23.8. The van der Waals surface area contributed by atoms with Crippen LogP contribution in [0, 0.1) is 5.92 Å². The number of aliphatic hydroxyl groups excluding tert-OH is 4. The highest BCUT2D eigenvalue weighted by molar-refractivity contribution is 5.98. The second-order valence-corrected chi connectivity index (χ2v) is 32.7. The fourth-order valence-electron chi connectivity index (χ4n) is 11.2. The topological polar surface area (TPSA) is 563 Å². The molecule has 0 aromatic heterocycles. The number of rotatable bonds is 34. The predicted octanol–water partition coefficient (Wildman–Crippen LogP) is -0.0741. The zero-order valence-electron chi connectivity index (χ0n) is 69.4. The number of alkyl carbamates (subject to hydrolysis) is 4. The fourth-order valence-corrected chi connectivity index (χ4v) is 11.2. The van der Waals surface area contributed by atoms with Crippen LogP contribution in [0.25, 0.3) is 0 Å². The monoisotopic (exact) mass is 1620 g/mol. The standard InChI is InChI=1S/C76H132N16O22/c1-18-19-20-21-22-26-29-47(77)58(96)83-51(33-38-81-71(109)113-75(12,13)14)62(100)92-57(45(5)95)68(106)90-55(42-93)66(104)87-48-30-35-78-67(105)56(44(4)94)91-63(101)52(34-39-82-72(110)114-76(15,16)17)85-60(98)49(31-36-79-69(107)111-73(6,7)8)86-64(102)53(40-43(2)3)88-65(103)54(41-46-27-24-23-25-28-46)89-61(99)50(84-59(48)97)32-37-80-70(108)112-74(9,10)11/h23-25,27-28,43-45,47-57,65,88,93-95,103H,18-22,26,29-42,77H2,1-17H3,(H,78,105)(H,79,107)(H,80,108)(H,81,109)(H,82,110)(H,83,96)(H,84,97)(H,85,98)(H,86,102)(H,87,104)(H,89,99)(H,90,106)(H,91,101)(H,92,100)/t44-,45-,47+,48+,49+,50+,51+,52+,53+,54-,55-,56+,57+,65?/m1/s1. The van der Waals surface area contributed by atoms with E-state index in [1.165, 1.54) is 0 Å². The van der Waals surface area contributed by atoms with E-state index in [-0.39, 0.29) is 57.7 Å². The predicted molar refractivity (Wildman–Crippen MR) is 419 cm³/mol. The zero-order chi connectivity index (χ0) is 86.4. The number of hydrogen-bond donors (Lipinski definition) is 20. The minimum atomic E-state index is -2.05. The number of carbonyl (C=O) groups excluding carboxylic acids is 14. The largest absolute Gasteiger partial charge is 0.444 e. The first kappa shape index (κ1) is 101. The SMILES string of the molecule is CCCCCCCC[C@H](N)C(=O)N[C@@H](CCNC(=O)OC(C)(C)C)C(=O)N[C@H](C(=O)N[C@H](CO)C(=O)N[C@H]1CCNC(=O)[C@H]([C@@H](C)O)NC(=O)[C@H](CCNC(=O)OC(C)(C)C)NC(=O)[C@H](CCNC(=O)OC(C)(C)C)NC(=O)[C@H](CC(C)C)NC(O)[C@@H](Cc2ccccc2)NC(=O)[C@H](CCNC(=O)OC(C)(C)C)NC1=O)[C@@H](C)O. The summed E-state index contributed by atoms with van der Waals surface area (Å²) in [5.41, 5.74) is 2.95. The number of carbonyl (C=O) groups is 14. The van der Waals surface area contributed by atoms with Crippen molar-refractivity contribution in [1.82, 2.24) is 79.8 Å². The quantitative estimate of drug-likeness (QED) is 0.0317. The van der Waals surface area contributed by atoms with Crippen LogP contribution in [0.15, 0.2) is 30.3 Å². The van der Waals surface area contributed by atoms with Gasteiger partial charge in [0.05, 0.1) is 36.9 Å². The highest BCUT2D eigenvalue weighted by Crippen LogP contribution is 2.16. The maximum absolute atomic E-state index is 15.1. The third-order valence-corrected chi connectivity index (χ3v) is 16.9. The van der Waals surface area contributed by atoms with Crippen molar-refractivity contribution < 1.29 is 106 Å². The van der Waals surface area contributed by atoms with E-state index in [1.54, 1.807) is 127 Å². The normalized spacial score (nSPS) is 21.0. The maximum atomic E-state index is 15.1.